The number of rotatable bonds is 3. The first kappa shape index (κ1) is 13.7. The van der Waals surface area contributed by atoms with E-state index in [1.165, 1.54) is 12.1 Å². The highest BCUT2D eigenvalue weighted by Crippen LogP contribution is 2.23. The molecule has 0 spiro atoms. The maximum absolute atomic E-state index is 11.7. The molecular formula is C14H10Cl2O3. The zero-order valence-electron chi connectivity index (χ0n) is 9.77. The molecule has 2 aromatic rings. The van der Waals surface area contributed by atoms with Crippen LogP contribution >= 0.6 is 23.2 Å². The highest BCUT2D eigenvalue weighted by Gasteiger charge is 2.12. The third kappa shape index (κ3) is 3.40. The van der Waals surface area contributed by atoms with E-state index in [0.29, 0.717) is 10.0 Å². The summed E-state index contributed by atoms with van der Waals surface area (Å²) in [4.78, 5) is 11.7. The maximum Gasteiger partial charge on any atom is 0.342 e. The van der Waals surface area contributed by atoms with E-state index in [9.17, 15) is 9.90 Å². The van der Waals surface area contributed by atoms with Crippen molar-refractivity contribution in [2.24, 2.45) is 0 Å². The maximum atomic E-state index is 11.7. The molecule has 0 unspecified atom stereocenters. The zero-order valence-corrected chi connectivity index (χ0v) is 11.3. The van der Waals surface area contributed by atoms with Crippen molar-refractivity contribution in [3.63, 3.8) is 0 Å². The second kappa shape index (κ2) is 5.95. The van der Waals surface area contributed by atoms with Gasteiger partial charge in [-0.1, -0.05) is 41.4 Å². The van der Waals surface area contributed by atoms with Crippen LogP contribution in [0.1, 0.15) is 15.9 Å². The molecule has 0 aliphatic heterocycles. The number of esters is 1. The molecule has 0 heterocycles. The first-order chi connectivity index (χ1) is 9.08. The average Bonchev–Trinajstić information content (AvgIpc) is 2.40. The van der Waals surface area contributed by atoms with Crippen molar-refractivity contribution in [2.45, 2.75) is 6.61 Å². The molecule has 2 rings (SSSR count). The van der Waals surface area contributed by atoms with Crippen LogP contribution in [0.25, 0.3) is 0 Å². The van der Waals surface area contributed by atoms with Gasteiger partial charge in [-0.3, -0.25) is 0 Å². The molecule has 98 valence electrons. The van der Waals surface area contributed by atoms with E-state index < -0.39 is 5.97 Å². The molecule has 0 saturated heterocycles. The lowest BCUT2D eigenvalue weighted by Crippen LogP contribution is -2.05. The fourth-order valence-electron chi connectivity index (χ4n) is 1.50. The number of ether oxygens (including phenoxy) is 1. The lowest BCUT2D eigenvalue weighted by molar-refractivity contribution is 0.0469. The molecular weight excluding hydrogens is 287 g/mol. The van der Waals surface area contributed by atoms with Gasteiger partial charge < -0.3 is 9.84 Å². The Balaban J connectivity index is 2.04. The topological polar surface area (TPSA) is 46.5 Å². The van der Waals surface area contributed by atoms with Gasteiger partial charge in [0.15, 0.2) is 0 Å². The minimum absolute atomic E-state index is 0.0596. The van der Waals surface area contributed by atoms with Crippen LogP contribution in [0.5, 0.6) is 5.75 Å². The minimum atomic E-state index is -0.593. The molecule has 0 saturated carbocycles. The van der Waals surface area contributed by atoms with Crippen LogP contribution < -0.4 is 0 Å². The number of hydrogen-bond acceptors (Lipinski definition) is 3. The van der Waals surface area contributed by atoms with E-state index in [0.717, 1.165) is 5.56 Å². The van der Waals surface area contributed by atoms with Crippen LogP contribution in [0.3, 0.4) is 0 Å². The molecule has 0 amide bonds. The number of para-hydroxylation sites is 1. The quantitative estimate of drug-likeness (QED) is 0.869. The number of hydrogen-bond donors (Lipinski definition) is 1. The van der Waals surface area contributed by atoms with E-state index >= 15 is 0 Å². The first-order valence-corrected chi connectivity index (χ1v) is 6.22. The minimum Gasteiger partial charge on any atom is -0.507 e. The molecule has 0 fully saturated rings. The van der Waals surface area contributed by atoms with Crippen molar-refractivity contribution in [1.82, 2.24) is 0 Å². The van der Waals surface area contributed by atoms with Gasteiger partial charge in [0.05, 0.1) is 10.0 Å². The van der Waals surface area contributed by atoms with Gasteiger partial charge >= 0.3 is 5.97 Å². The Kier molecular flexibility index (Phi) is 4.30. The number of carbonyl (C=O) groups is 1. The van der Waals surface area contributed by atoms with Gasteiger partial charge in [-0.25, -0.2) is 4.79 Å². The van der Waals surface area contributed by atoms with Gasteiger partial charge in [0, 0.05) is 0 Å². The summed E-state index contributed by atoms with van der Waals surface area (Å²) < 4.78 is 5.09. The molecule has 0 aromatic heterocycles. The van der Waals surface area contributed by atoms with Gasteiger partial charge in [-0.2, -0.15) is 0 Å². The summed E-state index contributed by atoms with van der Waals surface area (Å²) in [5, 5.41) is 10.4. The van der Waals surface area contributed by atoms with E-state index in [2.05, 4.69) is 0 Å². The Morgan fingerprint density at radius 3 is 2.53 bits per heavy atom. The van der Waals surface area contributed by atoms with Crippen LogP contribution in [0.4, 0.5) is 0 Å². The molecule has 0 aliphatic carbocycles. The Morgan fingerprint density at radius 2 is 1.84 bits per heavy atom. The standard InChI is InChI=1S/C14H10Cl2O3/c15-11-6-5-9(7-12(11)16)8-19-14(18)10-3-1-2-4-13(10)17/h1-7,17H,8H2. The van der Waals surface area contributed by atoms with Crippen molar-refractivity contribution in [2.75, 3.05) is 0 Å². The van der Waals surface area contributed by atoms with Crippen LogP contribution in [0, 0.1) is 0 Å². The predicted octanol–water partition coefficient (Wildman–Crippen LogP) is 4.06. The SMILES string of the molecule is O=C(OCc1ccc(Cl)c(Cl)c1)c1ccccc1O. The molecule has 5 heteroatoms. The molecule has 3 nitrogen and oxygen atoms in total. The number of halogens is 2. The number of carbonyl (C=O) groups excluding carboxylic acids is 1. The van der Waals surface area contributed by atoms with E-state index in [1.807, 2.05) is 0 Å². The molecule has 0 aliphatic rings. The summed E-state index contributed by atoms with van der Waals surface area (Å²) in [5.74, 6) is -0.703. The summed E-state index contributed by atoms with van der Waals surface area (Å²) in [7, 11) is 0. The van der Waals surface area contributed by atoms with Crippen molar-refractivity contribution in [3.05, 3.63) is 63.6 Å². The summed E-state index contributed by atoms with van der Waals surface area (Å²) in [5.41, 5.74) is 0.848. The highest BCUT2D eigenvalue weighted by atomic mass is 35.5. The Bertz CT molecular complexity index is 611. The second-order valence-corrected chi connectivity index (χ2v) is 4.66. The number of benzene rings is 2. The molecule has 0 bridgehead atoms. The monoisotopic (exact) mass is 296 g/mol. The molecule has 19 heavy (non-hydrogen) atoms. The third-order valence-corrected chi connectivity index (χ3v) is 3.22. The highest BCUT2D eigenvalue weighted by molar-refractivity contribution is 6.42. The Labute approximate surface area is 120 Å². The first-order valence-electron chi connectivity index (χ1n) is 5.47. The number of aromatic hydroxyl groups is 1. The lowest BCUT2D eigenvalue weighted by Gasteiger charge is -2.07. The zero-order chi connectivity index (χ0) is 13.8. The third-order valence-electron chi connectivity index (χ3n) is 2.48. The second-order valence-electron chi connectivity index (χ2n) is 3.84. The molecule has 0 radical (unpaired) electrons. The largest absolute Gasteiger partial charge is 0.507 e. The van der Waals surface area contributed by atoms with Crippen molar-refractivity contribution in [3.8, 4) is 5.75 Å². The van der Waals surface area contributed by atoms with Gasteiger partial charge in [0.25, 0.3) is 0 Å². The normalized spacial score (nSPS) is 10.2. The van der Waals surface area contributed by atoms with Gasteiger partial charge in [-0.15, -0.1) is 0 Å². The Morgan fingerprint density at radius 1 is 1.11 bits per heavy atom. The van der Waals surface area contributed by atoms with Crippen LogP contribution in [-0.2, 0) is 11.3 Å². The number of phenolic OH excluding ortho intramolecular Hbond substituents is 1. The summed E-state index contributed by atoms with van der Waals surface area (Å²) in [6.45, 7) is 0.0596. The van der Waals surface area contributed by atoms with E-state index in [1.54, 1.807) is 30.3 Å². The summed E-state index contributed by atoms with van der Waals surface area (Å²) in [6.07, 6.45) is 0. The fraction of sp³-hybridized carbons (Fsp3) is 0.0714. The van der Waals surface area contributed by atoms with Gasteiger partial charge in [-0.05, 0) is 29.8 Å². The summed E-state index contributed by atoms with van der Waals surface area (Å²) >= 11 is 11.6. The molecule has 1 N–H and O–H groups in total. The fourth-order valence-corrected chi connectivity index (χ4v) is 1.82. The van der Waals surface area contributed by atoms with E-state index in [4.69, 9.17) is 27.9 Å². The van der Waals surface area contributed by atoms with Crippen molar-refractivity contribution in [1.29, 1.82) is 0 Å². The number of phenols is 1. The summed E-state index contributed by atoms with van der Waals surface area (Å²) in [6, 6.07) is 11.2. The van der Waals surface area contributed by atoms with Crippen molar-refractivity contribution < 1.29 is 14.6 Å². The smallest absolute Gasteiger partial charge is 0.342 e. The lowest BCUT2D eigenvalue weighted by atomic mass is 10.2. The van der Waals surface area contributed by atoms with Gasteiger partial charge in [0.2, 0.25) is 0 Å². The van der Waals surface area contributed by atoms with Crippen LogP contribution in [0.15, 0.2) is 42.5 Å². The van der Waals surface area contributed by atoms with E-state index in [-0.39, 0.29) is 17.9 Å². The average molecular weight is 297 g/mol. The Hall–Kier alpha value is -1.71. The van der Waals surface area contributed by atoms with Gasteiger partial charge in [0.1, 0.15) is 17.9 Å². The molecule has 2 aromatic carbocycles. The predicted molar refractivity (Wildman–Crippen MR) is 73.7 cm³/mol. The van der Waals surface area contributed by atoms with Crippen molar-refractivity contribution >= 4 is 29.2 Å². The van der Waals surface area contributed by atoms with Crippen LogP contribution in [0.2, 0.25) is 10.0 Å². The molecule has 0 atom stereocenters. The van der Waals surface area contributed by atoms with Crippen LogP contribution in [-0.4, -0.2) is 11.1 Å².